The van der Waals surface area contributed by atoms with Gasteiger partial charge in [0.15, 0.2) is 0 Å². The molecular formula is C12H13BrN2OS. The Kier molecular flexibility index (Phi) is 4.28. The quantitative estimate of drug-likeness (QED) is 0.943. The average molecular weight is 313 g/mol. The van der Waals surface area contributed by atoms with Gasteiger partial charge in [-0.05, 0) is 12.1 Å². The maximum Gasteiger partial charge on any atom is 0.124 e. The SMILES string of the molecule is COCc1nc(-c2cccc(Br)c2)sc1CN. The third kappa shape index (κ3) is 2.93. The zero-order chi connectivity index (χ0) is 12.3. The Balaban J connectivity index is 2.39. The molecule has 0 aliphatic heterocycles. The molecule has 0 aliphatic carbocycles. The van der Waals surface area contributed by atoms with Crippen molar-refractivity contribution in [3.63, 3.8) is 0 Å². The van der Waals surface area contributed by atoms with Gasteiger partial charge < -0.3 is 10.5 Å². The number of methoxy groups -OCH3 is 1. The molecule has 2 aromatic rings. The fourth-order valence-electron chi connectivity index (χ4n) is 1.54. The Morgan fingerprint density at radius 2 is 2.29 bits per heavy atom. The van der Waals surface area contributed by atoms with Crippen LogP contribution in [0.4, 0.5) is 0 Å². The first-order chi connectivity index (χ1) is 8.24. The maximum atomic E-state index is 5.71. The van der Waals surface area contributed by atoms with Crippen LogP contribution in [0.3, 0.4) is 0 Å². The van der Waals surface area contributed by atoms with Crippen molar-refractivity contribution in [1.82, 2.24) is 4.98 Å². The van der Waals surface area contributed by atoms with Crippen LogP contribution in [0.15, 0.2) is 28.7 Å². The van der Waals surface area contributed by atoms with Crippen molar-refractivity contribution in [2.75, 3.05) is 7.11 Å². The van der Waals surface area contributed by atoms with Gasteiger partial charge in [0.1, 0.15) is 5.01 Å². The summed E-state index contributed by atoms with van der Waals surface area (Å²) in [6.07, 6.45) is 0. The summed E-state index contributed by atoms with van der Waals surface area (Å²) in [5, 5.41) is 0.985. The van der Waals surface area contributed by atoms with Crippen LogP contribution in [0.2, 0.25) is 0 Å². The molecule has 5 heteroatoms. The van der Waals surface area contributed by atoms with Gasteiger partial charge in [0.25, 0.3) is 0 Å². The van der Waals surface area contributed by atoms with Crippen LogP contribution in [-0.4, -0.2) is 12.1 Å². The minimum absolute atomic E-state index is 0.504. The van der Waals surface area contributed by atoms with E-state index in [1.54, 1.807) is 18.4 Å². The lowest BCUT2D eigenvalue weighted by atomic mass is 10.2. The molecule has 2 N–H and O–H groups in total. The minimum Gasteiger partial charge on any atom is -0.378 e. The second-order valence-corrected chi connectivity index (χ2v) is 5.54. The molecule has 0 radical (unpaired) electrons. The lowest BCUT2D eigenvalue weighted by molar-refractivity contribution is 0.181. The van der Waals surface area contributed by atoms with Gasteiger partial charge in [-0.15, -0.1) is 11.3 Å². The van der Waals surface area contributed by atoms with Gasteiger partial charge in [-0.1, -0.05) is 28.1 Å². The molecule has 0 bridgehead atoms. The van der Waals surface area contributed by atoms with Gasteiger partial charge in [0, 0.05) is 28.6 Å². The highest BCUT2D eigenvalue weighted by atomic mass is 79.9. The molecule has 1 aromatic carbocycles. The topological polar surface area (TPSA) is 48.1 Å². The van der Waals surface area contributed by atoms with E-state index in [0.29, 0.717) is 13.2 Å². The van der Waals surface area contributed by atoms with E-state index < -0.39 is 0 Å². The third-order valence-corrected chi connectivity index (χ3v) is 3.98. The largest absolute Gasteiger partial charge is 0.378 e. The summed E-state index contributed by atoms with van der Waals surface area (Å²) in [6.45, 7) is 1.02. The molecule has 2 rings (SSSR count). The number of rotatable bonds is 4. The van der Waals surface area contributed by atoms with E-state index in [9.17, 15) is 0 Å². The predicted octanol–water partition coefficient (Wildman–Crippen LogP) is 3.18. The van der Waals surface area contributed by atoms with Crippen molar-refractivity contribution in [3.05, 3.63) is 39.3 Å². The second-order valence-electron chi connectivity index (χ2n) is 3.54. The normalized spacial score (nSPS) is 10.8. The Labute approximate surface area is 113 Å². The summed E-state index contributed by atoms with van der Waals surface area (Å²) in [5.74, 6) is 0. The van der Waals surface area contributed by atoms with Crippen LogP contribution in [0.5, 0.6) is 0 Å². The fraction of sp³-hybridized carbons (Fsp3) is 0.250. The van der Waals surface area contributed by atoms with E-state index in [-0.39, 0.29) is 0 Å². The second kappa shape index (κ2) is 5.73. The van der Waals surface area contributed by atoms with Crippen molar-refractivity contribution >= 4 is 27.3 Å². The van der Waals surface area contributed by atoms with E-state index in [1.165, 1.54) is 0 Å². The Bertz CT molecular complexity index is 513. The summed E-state index contributed by atoms with van der Waals surface area (Å²) in [6, 6.07) is 8.09. The van der Waals surface area contributed by atoms with Crippen molar-refractivity contribution < 1.29 is 4.74 Å². The standard InChI is InChI=1S/C12H13BrN2OS/c1-16-7-10-11(6-14)17-12(15-10)8-3-2-4-9(13)5-8/h2-5H,6-7,14H2,1H3. The molecule has 3 nitrogen and oxygen atoms in total. The van der Waals surface area contributed by atoms with Crippen LogP contribution >= 0.6 is 27.3 Å². The highest BCUT2D eigenvalue weighted by Gasteiger charge is 2.11. The first kappa shape index (κ1) is 12.7. The maximum absolute atomic E-state index is 5.71. The number of nitrogens with two attached hydrogens (primary N) is 1. The molecular weight excluding hydrogens is 300 g/mol. The lowest BCUT2D eigenvalue weighted by Gasteiger charge is -1.96. The molecule has 0 saturated carbocycles. The molecule has 0 atom stereocenters. The monoisotopic (exact) mass is 312 g/mol. The smallest absolute Gasteiger partial charge is 0.124 e. The number of hydrogen-bond acceptors (Lipinski definition) is 4. The van der Waals surface area contributed by atoms with E-state index in [2.05, 4.69) is 27.0 Å². The zero-order valence-corrected chi connectivity index (χ0v) is 11.8. The number of halogens is 1. The Hall–Kier alpha value is -0.750. The summed E-state index contributed by atoms with van der Waals surface area (Å²) in [4.78, 5) is 5.66. The van der Waals surface area contributed by atoms with Gasteiger partial charge in [0.2, 0.25) is 0 Å². The molecule has 0 amide bonds. The summed E-state index contributed by atoms with van der Waals surface area (Å²) in [5.41, 5.74) is 7.75. The average Bonchev–Trinajstić information content (AvgIpc) is 2.73. The summed E-state index contributed by atoms with van der Waals surface area (Å²) >= 11 is 5.08. The molecule has 0 fully saturated rings. The van der Waals surface area contributed by atoms with Crippen LogP contribution in [0.25, 0.3) is 10.6 Å². The Morgan fingerprint density at radius 3 is 2.94 bits per heavy atom. The van der Waals surface area contributed by atoms with Crippen LogP contribution in [0, 0.1) is 0 Å². The third-order valence-electron chi connectivity index (χ3n) is 2.32. The number of aromatic nitrogens is 1. The van der Waals surface area contributed by atoms with Crippen molar-refractivity contribution in [2.45, 2.75) is 13.2 Å². The predicted molar refractivity (Wildman–Crippen MR) is 73.9 cm³/mol. The molecule has 1 aromatic heterocycles. The minimum atomic E-state index is 0.504. The number of ether oxygens (including phenoxy) is 1. The lowest BCUT2D eigenvalue weighted by Crippen LogP contribution is -1.99. The van der Waals surface area contributed by atoms with E-state index in [1.807, 2.05) is 18.2 Å². The fourth-order valence-corrected chi connectivity index (χ4v) is 2.88. The number of nitrogens with zero attached hydrogens (tertiary/aromatic N) is 1. The molecule has 0 spiro atoms. The Morgan fingerprint density at radius 1 is 1.47 bits per heavy atom. The van der Waals surface area contributed by atoms with Crippen molar-refractivity contribution in [1.29, 1.82) is 0 Å². The number of benzene rings is 1. The van der Waals surface area contributed by atoms with Gasteiger partial charge in [-0.3, -0.25) is 0 Å². The van der Waals surface area contributed by atoms with Crippen LogP contribution in [0.1, 0.15) is 10.6 Å². The van der Waals surface area contributed by atoms with Gasteiger partial charge in [0.05, 0.1) is 12.3 Å². The van der Waals surface area contributed by atoms with E-state index in [4.69, 9.17) is 10.5 Å². The summed E-state index contributed by atoms with van der Waals surface area (Å²) in [7, 11) is 1.67. The zero-order valence-electron chi connectivity index (χ0n) is 9.44. The molecule has 0 unspecified atom stereocenters. The van der Waals surface area contributed by atoms with Crippen molar-refractivity contribution in [3.8, 4) is 10.6 Å². The number of thiazole rings is 1. The molecule has 0 aliphatic rings. The highest BCUT2D eigenvalue weighted by Crippen LogP contribution is 2.29. The molecule has 17 heavy (non-hydrogen) atoms. The molecule has 1 heterocycles. The molecule has 0 saturated heterocycles. The van der Waals surface area contributed by atoms with E-state index in [0.717, 1.165) is 25.6 Å². The van der Waals surface area contributed by atoms with Gasteiger partial charge >= 0.3 is 0 Å². The van der Waals surface area contributed by atoms with Gasteiger partial charge in [-0.2, -0.15) is 0 Å². The molecule has 90 valence electrons. The van der Waals surface area contributed by atoms with Gasteiger partial charge in [-0.25, -0.2) is 4.98 Å². The van der Waals surface area contributed by atoms with Crippen LogP contribution in [-0.2, 0) is 17.9 Å². The van der Waals surface area contributed by atoms with E-state index >= 15 is 0 Å². The highest BCUT2D eigenvalue weighted by molar-refractivity contribution is 9.10. The first-order valence-corrected chi connectivity index (χ1v) is 6.79. The summed E-state index contributed by atoms with van der Waals surface area (Å²) < 4.78 is 6.17. The number of hydrogen-bond donors (Lipinski definition) is 1. The first-order valence-electron chi connectivity index (χ1n) is 5.18. The van der Waals surface area contributed by atoms with Crippen LogP contribution < -0.4 is 5.73 Å². The van der Waals surface area contributed by atoms with Crippen molar-refractivity contribution in [2.24, 2.45) is 5.73 Å².